The van der Waals surface area contributed by atoms with E-state index in [0.29, 0.717) is 5.19 Å². The summed E-state index contributed by atoms with van der Waals surface area (Å²) in [7, 11) is -3.83. The van der Waals surface area contributed by atoms with Crippen LogP contribution in [0.3, 0.4) is 0 Å². The summed E-state index contributed by atoms with van der Waals surface area (Å²) < 4.78 is 117. The third kappa shape index (κ3) is 6.14. The van der Waals surface area contributed by atoms with Gasteiger partial charge in [0.15, 0.2) is 0 Å². The number of benzene rings is 8. The molecule has 1 aliphatic rings. The Labute approximate surface area is 400 Å². The molecular weight excluding hydrogens is 867 g/mol. The van der Waals surface area contributed by atoms with Crippen LogP contribution in [0.25, 0.3) is 66.9 Å². The van der Waals surface area contributed by atoms with E-state index in [-0.39, 0.29) is 33.2 Å². The van der Waals surface area contributed by atoms with E-state index in [9.17, 15) is 16.4 Å². The van der Waals surface area contributed by atoms with Crippen molar-refractivity contribution in [2.45, 2.75) is 42.2 Å². The van der Waals surface area contributed by atoms with Gasteiger partial charge in [0.05, 0.1) is 0 Å². The fourth-order valence-electron chi connectivity index (χ4n) is 10.5. The molecule has 0 fully saturated rings. The van der Waals surface area contributed by atoms with Gasteiger partial charge in [-0.3, -0.25) is 0 Å². The van der Waals surface area contributed by atoms with Crippen molar-refractivity contribution >= 4 is 90.1 Å². The zero-order valence-corrected chi connectivity index (χ0v) is 38.3. The minimum absolute atomic E-state index is 0.0478. The van der Waals surface area contributed by atoms with Crippen molar-refractivity contribution in [3.8, 4) is 23.3 Å². The molecule has 12 rings (SSSR count). The zero-order chi connectivity index (χ0) is 53.9. The van der Waals surface area contributed by atoms with Gasteiger partial charge in [0.25, 0.3) is 0 Å². The molecule has 7 heteroatoms. The van der Waals surface area contributed by atoms with Gasteiger partial charge in [-0.05, 0) is 0 Å². The van der Waals surface area contributed by atoms with E-state index in [0.717, 1.165) is 59.2 Å². The maximum atomic E-state index is 9.54. The van der Waals surface area contributed by atoms with Gasteiger partial charge in [-0.15, -0.1) is 0 Å². The molecule has 0 saturated heterocycles. The molecule has 0 atom stereocenters. The van der Waals surface area contributed by atoms with Crippen molar-refractivity contribution in [1.82, 2.24) is 24.1 Å². The molecule has 314 valence electrons. The number of hydrogen-bond acceptors (Lipinski definition) is 3. The average molecular weight is 929 g/mol. The average Bonchev–Trinajstić information content (AvgIpc) is 4.05. The number of para-hydroxylation sites is 4. The summed E-state index contributed by atoms with van der Waals surface area (Å²) in [6.45, 7) is -6.64. The van der Waals surface area contributed by atoms with Gasteiger partial charge in [0.1, 0.15) is 0 Å². The second-order valence-corrected chi connectivity index (χ2v) is 26.8. The Morgan fingerprint density at radius 3 is 1.28 bits per heavy atom. The first-order chi connectivity index (χ1) is 36.7. The van der Waals surface area contributed by atoms with E-state index in [1.807, 2.05) is 197 Å². The molecule has 8 aromatic carbocycles. The fraction of sp³-hybridized carbons (Fsp3) is 0.121. The monoisotopic (exact) mass is 929 g/mol. The van der Waals surface area contributed by atoms with Gasteiger partial charge in [0.2, 0.25) is 0 Å². The zero-order valence-electron chi connectivity index (χ0n) is 47.2. The molecule has 0 N–H and O–H groups in total. The second kappa shape index (κ2) is 15.1. The van der Waals surface area contributed by atoms with Gasteiger partial charge < -0.3 is 0 Å². The minimum atomic E-state index is -6.08. The van der Waals surface area contributed by atoms with Crippen LogP contribution >= 0.6 is 0 Å². The van der Waals surface area contributed by atoms with Crippen molar-refractivity contribution < 1.29 is 16.4 Å². The summed E-state index contributed by atoms with van der Waals surface area (Å²) in [5.41, 5.74) is -6.59. The molecule has 5 nitrogen and oxygen atoms in total. The summed E-state index contributed by atoms with van der Waals surface area (Å²) in [6.07, 6.45) is -0.736. The third-order valence-corrected chi connectivity index (χ3v) is 23.1. The van der Waals surface area contributed by atoms with Crippen molar-refractivity contribution in [2.24, 2.45) is 0 Å². The second-order valence-electron chi connectivity index (χ2n) is 17.1. The van der Waals surface area contributed by atoms with Crippen LogP contribution in [-0.2, 0) is 5.41 Å². The van der Waals surface area contributed by atoms with Crippen LogP contribution in [0, 0.1) is 0 Å². The van der Waals surface area contributed by atoms with Crippen molar-refractivity contribution in [2.75, 3.05) is 0 Å². The number of rotatable bonds is 7. The van der Waals surface area contributed by atoms with Gasteiger partial charge in [-0.25, -0.2) is 0 Å². The summed E-state index contributed by atoms with van der Waals surface area (Å²) in [4.78, 5) is 16.1. The molecule has 65 heavy (non-hydrogen) atoms. The van der Waals surface area contributed by atoms with Crippen LogP contribution in [0.5, 0.6) is 0 Å². The predicted octanol–water partition coefficient (Wildman–Crippen LogP) is 10.7. The predicted molar refractivity (Wildman–Crippen MR) is 277 cm³/mol. The quantitative estimate of drug-likeness (QED) is 0.118. The normalized spacial score (nSPS) is 18.1. The van der Waals surface area contributed by atoms with E-state index in [1.54, 1.807) is 12.1 Å². The van der Waals surface area contributed by atoms with Gasteiger partial charge in [0, 0.05) is 0 Å². The Morgan fingerprint density at radius 2 is 0.877 bits per heavy atom. The van der Waals surface area contributed by atoms with Crippen LogP contribution in [0.2, 0.25) is 16.6 Å². The molecular formula is C58H49GeN5Si. The number of fused-ring (bicyclic) bond motifs is 7. The Balaban J connectivity index is 1.36. The molecule has 0 amide bonds. The molecule has 0 unspecified atom stereocenters. The summed E-state index contributed by atoms with van der Waals surface area (Å²) >= 11 is -6.08. The van der Waals surface area contributed by atoms with Gasteiger partial charge >= 0.3 is 402 Å². The molecule has 11 aromatic rings. The SMILES string of the molecule is [2H]C([2H])([2H])C1(C([2H])([2H])[2H])C[CH2][Ge]([C]([2H])([2H])[2H])([C]([2H])([2H])[2H])[c]2c(-c3nc(-n4c5ccccc5c5ccccc54)nc(-n4c5ccccc5c5ccccc54)n3)cc([Si](c3ccccc3)(c3ccccc3)c3ccccc3)cc21. The molecule has 0 saturated carbocycles. The number of nitrogens with zero attached hydrogens (tertiary/aromatic N) is 5. The van der Waals surface area contributed by atoms with Gasteiger partial charge in [-0.2, -0.15) is 0 Å². The molecule has 0 spiro atoms. The Bertz CT molecular complexity index is 3720. The first kappa shape index (κ1) is 28.8. The summed E-state index contributed by atoms with van der Waals surface area (Å²) in [5, 5.41) is 5.94. The number of hydrogen-bond donors (Lipinski definition) is 0. The molecule has 3 aromatic heterocycles. The molecule has 0 radical (unpaired) electrons. The van der Waals surface area contributed by atoms with Crippen LogP contribution in [-0.4, -0.2) is 45.4 Å². The fourth-order valence-corrected chi connectivity index (χ4v) is 20.3. The first-order valence-corrected chi connectivity index (χ1v) is 28.5. The van der Waals surface area contributed by atoms with Gasteiger partial charge in [-0.1, -0.05) is 0 Å². The van der Waals surface area contributed by atoms with E-state index in [1.165, 1.54) is 0 Å². The first-order valence-electron chi connectivity index (χ1n) is 27.8. The molecule has 1 aliphatic heterocycles. The Morgan fingerprint density at radius 1 is 0.477 bits per heavy atom. The van der Waals surface area contributed by atoms with Crippen molar-refractivity contribution in [3.63, 3.8) is 0 Å². The van der Waals surface area contributed by atoms with E-state index >= 15 is 0 Å². The van der Waals surface area contributed by atoms with Crippen LogP contribution < -0.4 is 25.1 Å². The summed E-state index contributed by atoms with van der Waals surface area (Å²) in [5.74, 6) is 0.0747. The topological polar surface area (TPSA) is 48.5 Å². The van der Waals surface area contributed by atoms with Crippen LogP contribution in [0.15, 0.2) is 200 Å². The third-order valence-electron chi connectivity index (χ3n) is 13.4. The van der Waals surface area contributed by atoms with E-state index in [4.69, 9.17) is 15.0 Å². The molecule has 0 aliphatic carbocycles. The van der Waals surface area contributed by atoms with Crippen LogP contribution in [0.1, 0.15) is 42.1 Å². The maximum absolute atomic E-state index is 9.54. The number of aromatic nitrogens is 5. The Kier molecular flexibility index (Phi) is 6.70. The molecule has 4 heterocycles. The van der Waals surface area contributed by atoms with Crippen LogP contribution in [0.4, 0.5) is 0 Å². The van der Waals surface area contributed by atoms with E-state index in [2.05, 4.69) is 0 Å². The Hall–Kier alpha value is -6.87. The van der Waals surface area contributed by atoms with Crippen molar-refractivity contribution in [3.05, 3.63) is 206 Å². The van der Waals surface area contributed by atoms with E-state index < -0.39 is 63.5 Å². The van der Waals surface area contributed by atoms with Crippen molar-refractivity contribution in [1.29, 1.82) is 0 Å². The standard InChI is InChI=1S/C58H49GeN5Si/c1-58(2)36-37-59(3,4)54-48(38-43(39-49(54)58)65(40-22-8-5-9-23-40,41-24-10-6-11-25-41)42-26-12-7-13-27-42)55-60-56(63-50-32-18-14-28-44(50)45-29-15-19-33-51(45)63)62-57(61-55)64-52-34-20-16-30-46(52)47-31-17-21-35-53(47)64/h5-35,38-39H,36-37H2,1-4H3/i1D3,2D3,3D3,4D3. The summed E-state index contributed by atoms with van der Waals surface area (Å²) in [6, 6.07) is 63.8. The molecule has 0 bridgehead atoms.